The van der Waals surface area contributed by atoms with Gasteiger partial charge in [0.1, 0.15) is 11.9 Å². The number of hydrogen-bond acceptors (Lipinski definition) is 6. The van der Waals surface area contributed by atoms with E-state index in [0.29, 0.717) is 16.2 Å². The molecule has 0 saturated carbocycles. The fourth-order valence-electron chi connectivity index (χ4n) is 1.73. The Bertz CT molecular complexity index is 572. The molecular weight excluding hydrogens is 290 g/mol. The molecule has 0 radical (unpaired) electrons. The van der Waals surface area contributed by atoms with Crippen LogP contribution in [0.25, 0.3) is 0 Å². The summed E-state index contributed by atoms with van der Waals surface area (Å²) >= 11 is 1.06. The number of hydrogen-bond donors (Lipinski definition) is 0. The first-order valence-electron chi connectivity index (χ1n) is 5.67. The number of carbonyl (C=O) groups excluding carboxylic acids is 1. The number of carbonyl (C=O) groups is 1. The first kappa shape index (κ1) is 14.1. The lowest BCUT2D eigenvalue weighted by molar-refractivity contribution is -0.645. The summed E-state index contributed by atoms with van der Waals surface area (Å²) < 4.78 is 28.1. The summed E-state index contributed by atoms with van der Waals surface area (Å²) in [7, 11) is -3.05. The van der Waals surface area contributed by atoms with Crippen LogP contribution in [-0.4, -0.2) is 37.7 Å². The molecule has 1 aromatic rings. The molecule has 104 valence electrons. The van der Waals surface area contributed by atoms with Gasteiger partial charge in [-0.3, -0.25) is 4.79 Å². The maximum Gasteiger partial charge on any atom is 0.316 e. The molecule has 1 fully saturated rings. The van der Waals surface area contributed by atoms with E-state index in [2.05, 4.69) is 0 Å². The SMILES string of the molecule is O=C(CSc1cccc[n+]1[O-])O[C@H]1CCS(=O)(=O)C1. The smallest absolute Gasteiger partial charge is 0.316 e. The van der Waals surface area contributed by atoms with Crippen molar-refractivity contribution in [3.05, 3.63) is 29.6 Å². The average molecular weight is 303 g/mol. The van der Waals surface area contributed by atoms with Crippen molar-refractivity contribution in [1.82, 2.24) is 0 Å². The minimum absolute atomic E-state index is 0.0111. The van der Waals surface area contributed by atoms with Gasteiger partial charge in [-0.05, 0) is 24.2 Å². The predicted molar refractivity (Wildman–Crippen MR) is 69.3 cm³/mol. The monoisotopic (exact) mass is 303 g/mol. The van der Waals surface area contributed by atoms with Crippen molar-refractivity contribution in [2.75, 3.05) is 17.3 Å². The Morgan fingerprint density at radius 3 is 2.95 bits per heavy atom. The highest BCUT2D eigenvalue weighted by molar-refractivity contribution is 7.99. The Morgan fingerprint density at radius 2 is 2.32 bits per heavy atom. The van der Waals surface area contributed by atoms with Gasteiger partial charge in [0.05, 0.1) is 11.5 Å². The van der Waals surface area contributed by atoms with E-state index < -0.39 is 21.9 Å². The molecule has 1 aromatic heterocycles. The van der Waals surface area contributed by atoms with Gasteiger partial charge in [0.2, 0.25) is 0 Å². The van der Waals surface area contributed by atoms with E-state index in [1.165, 1.54) is 6.20 Å². The molecule has 1 saturated heterocycles. The average Bonchev–Trinajstić information content (AvgIpc) is 2.67. The molecule has 1 aliphatic heterocycles. The van der Waals surface area contributed by atoms with Crippen molar-refractivity contribution in [3.8, 4) is 0 Å². The van der Waals surface area contributed by atoms with Crippen molar-refractivity contribution in [3.63, 3.8) is 0 Å². The molecular formula is C11H13NO5S2. The zero-order chi connectivity index (χ0) is 13.9. The highest BCUT2D eigenvalue weighted by atomic mass is 32.2. The molecule has 0 spiro atoms. The van der Waals surface area contributed by atoms with Crippen molar-refractivity contribution in [2.24, 2.45) is 0 Å². The van der Waals surface area contributed by atoms with Gasteiger partial charge in [-0.25, -0.2) is 8.42 Å². The van der Waals surface area contributed by atoms with Crippen LogP contribution < -0.4 is 4.73 Å². The fourth-order valence-corrected chi connectivity index (χ4v) is 4.02. The Hall–Kier alpha value is -1.28. The van der Waals surface area contributed by atoms with Crippen molar-refractivity contribution >= 4 is 27.6 Å². The molecule has 6 nitrogen and oxygen atoms in total. The van der Waals surface area contributed by atoms with Crippen molar-refractivity contribution in [2.45, 2.75) is 17.6 Å². The van der Waals surface area contributed by atoms with Crippen LogP contribution in [0.2, 0.25) is 0 Å². The zero-order valence-electron chi connectivity index (χ0n) is 10.0. The van der Waals surface area contributed by atoms with Crippen LogP contribution >= 0.6 is 11.8 Å². The molecule has 0 aromatic carbocycles. The van der Waals surface area contributed by atoms with Crippen molar-refractivity contribution in [1.29, 1.82) is 0 Å². The minimum atomic E-state index is -3.05. The largest absolute Gasteiger partial charge is 0.618 e. The van der Waals surface area contributed by atoms with Gasteiger partial charge in [0.15, 0.2) is 16.0 Å². The second-order valence-electron chi connectivity index (χ2n) is 4.17. The molecule has 0 amide bonds. The highest BCUT2D eigenvalue weighted by Gasteiger charge is 2.30. The summed E-state index contributed by atoms with van der Waals surface area (Å²) in [6.45, 7) is 0. The van der Waals surface area contributed by atoms with E-state index in [1.54, 1.807) is 18.2 Å². The van der Waals surface area contributed by atoms with E-state index in [4.69, 9.17) is 4.74 Å². The molecule has 2 rings (SSSR count). The third-order valence-electron chi connectivity index (χ3n) is 2.62. The quantitative estimate of drug-likeness (QED) is 0.340. The maximum absolute atomic E-state index is 11.5. The number of rotatable bonds is 4. The number of pyridine rings is 1. The van der Waals surface area contributed by atoms with Crippen LogP contribution in [0.3, 0.4) is 0 Å². The van der Waals surface area contributed by atoms with Gasteiger partial charge in [0, 0.05) is 12.1 Å². The standard InChI is InChI=1S/C11H13NO5S2/c13-11(17-9-4-6-19(15,16)8-9)7-18-10-3-1-2-5-12(10)14/h1-3,5,9H,4,6-8H2/t9-/m0/s1. The van der Waals surface area contributed by atoms with Gasteiger partial charge in [0.25, 0.3) is 5.03 Å². The summed E-state index contributed by atoms with van der Waals surface area (Å²) in [4.78, 5) is 11.5. The fraction of sp³-hybridized carbons (Fsp3) is 0.455. The maximum atomic E-state index is 11.5. The third kappa shape index (κ3) is 4.10. The molecule has 0 bridgehead atoms. The van der Waals surface area contributed by atoms with E-state index in [-0.39, 0.29) is 17.3 Å². The van der Waals surface area contributed by atoms with Gasteiger partial charge in [-0.2, -0.15) is 4.73 Å². The topological polar surface area (TPSA) is 87.4 Å². The van der Waals surface area contributed by atoms with E-state index in [0.717, 1.165) is 11.8 Å². The number of esters is 1. The second-order valence-corrected chi connectivity index (χ2v) is 7.39. The zero-order valence-corrected chi connectivity index (χ0v) is 11.7. The lowest BCUT2D eigenvalue weighted by Gasteiger charge is -2.09. The molecule has 19 heavy (non-hydrogen) atoms. The number of thioether (sulfide) groups is 1. The molecule has 2 heterocycles. The van der Waals surface area contributed by atoms with E-state index in [1.807, 2.05) is 0 Å². The Kier molecular flexibility index (Phi) is 4.31. The van der Waals surface area contributed by atoms with Gasteiger partial charge >= 0.3 is 5.97 Å². The van der Waals surface area contributed by atoms with Crippen LogP contribution in [0, 0.1) is 5.21 Å². The van der Waals surface area contributed by atoms with Crippen LogP contribution in [0.4, 0.5) is 0 Å². The molecule has 8 heteroatoms. The van der Waals surface area contributed by atoms with Crippen molar-refractivity contribution < 1.29 is 22.7 Å². The van der Waals surface area contributed by atoms with Crippen LogP contribution in [0.1, 0.15) is 6.42 Å². The predicted octanol–water partition coefficient (Wildman–Crippen LogP) is 0.142. The third-order valence-corrected chi connectivity index (χ3v) is 5.34. The van der Waals surface area contributed by atoms with Gasteiger partial charge in [-0.1, -0.05) is 0 Å². The second kappa shape index (κ2) is 5.79. The Morgan fingerprint density at radius 1 is 1.53 bits per heavy atom. The number of ether oxygens (including phenoxy) is 1. The summed E-state index contributed by atoms with van der Waals surface area (Å²) in [6.07, 6.45) is 1.15. The van der Waals surface area contributed by atoms with Crippen LogP contribution in [0.5, 0.6) is 0 Å². The minimum Gasteiger partial charge on any atom is -0.618 e. The number of nitrogens with zero attached hydrogens (tertiary/aromatic N) is 1. The molecule has 1 aliphatic rings. The summed E-state index contributed by atoms with van der Waals surface area (Å²) in [5.74, 6) is -0.549. The lowest BCUT2D eigenvalue weighted by Crippen LogP contribution is -2.28. The van der Waals surface area contributed by atoms with Crippen LogP contribution in [-0.2, 0) is 19.4 Å². The molecule has 1 atom stereocenters. The normalized spacial score (nSPS) is 21.2. The Labute approximate surface area is 115 Å². The highest BCUT2D eigenvalue weighted by Crippen LogP contribution is 2.17. The molecule has 0 aliphatic carbocycles. The number of aromatic nitrogens is 1. The first-order valence-corrected chi connectivity index (χ1v) is 8.48. The summed E-state index contributed by atoms with van der Waals surface area (Å²) in [6, 6.07) is 4.90. The van der Waals surface area contributed by atoms with Gasteiger partial charge in [-0.15, -0.1) is 0 Å². The lowest BCUT2D eigenvalue weighted by atomic mass is 10.3. The Balaban J connectivity index is 1.81. The first-order chi connectivity index (χ1) is 8.96. The van der Waals surface area contributed by atoms with Gasteiger partial charge < -0.3 is 9.94 Å². The molecule has 0 unspecified atom stereocenters. The summed E-state index contributed by atoms with van der Waals surface area (Å²) in [5.41, 5.74) is 0. The van der Waals surface area contributed by atoms with E-state index >= 15 is 0 Å². The van der Waals surface area contributed by atoms with Crippen LogP contribution in [0.15, 0.2) is 29.4 Å². The number of sulfone groups is 1. The summed E-state index contributed by atoms with van der Waals surface area (Å²) in [5, 5.41) is 11.7. The molecule has 0 N–H and O–H groups in total. The van der Waals surface area contributed by atoms with E-state index in [9.17, 15) is 18.4 Å².